The minimum atomic E-state index is -1.50. The molecule has 198 valence electrons. The minimum absolute atomic E-state index is 0.0709. The highest BCUT2D eigenvalue weighted by Gasteiger charge is 2.61. The van der Waals surface area contributed by atoms with E-state index in [0.29, 0.717) is 17.9 Å². The van der Waals surface area contributed by atoms with Crippen molar-refractivity contribution < 1.29 is 29.0 Å². The second-order valence-corrected chi connectivity index (χ2v) is 11.5. The van der Waals surface area contributed by atoms with Gasteiger partial charge in [0.05, 0.1) is 12.5 Å². The summed E-state index contributed by atoms with van der Waals surface area (Å²) in [6, 6.07) is 9.43. The molecule has 6 atom stereocenters. The van der Waals surface area contributed by atoms with Crippen molar-refractivity contribution in [3.8, 4) is 0 Å². The standard InChI is InChI=1S/C31H38O6/c1-19-15-25-24(30(25,4)5)13-11-23(18-32)16-26-28(20(2)17-31(26,29(19)35)37-21(3)33)36-27(34)14-12-22-9-7-6-8-10-22/h6-10,12,14-16,20,24-26,28,32H,11,13,17-18H2,1-5H3. The topological polar surface area (TPSA) is 89.9 Å². The highest BCUT2D eigenvalue weighted by molar-refractivity contribution is 6.03. The average Bonchev–Trinajstić information content (AvgIpc) is 3.26. The first kappa shape index (κ1) is 27.1. The fourth-order valence-electron chi connectivity index (χ4n) is 6.48. The summed E-state index contributed by atoms with van der Waals surface area (Å²) < 4.78 is 11.8. The summed E-state index contributed by atoms with van der Waals surface area (Å²) >= 11 is 0. The van der Waals surface area contributed by atoms with E-state index >= 15 is 0 Å². The molecule has 0 heterocycles. The van der Waals surface area contributed by atoms with E-state index in [1.54, 1.807) is 13.0 Å². The van der Waals surface area contributed by atoms with E-state index in [2.05, 4.69) is 13.8 Å². The first-order valence-electron chi connectivity index (χ1n) is 13.2. The minimum Gasteiger partial charge on any atom is -0.458 e. The fourth-order valence-corrected chi connectivity index (χ4v) is 6.48. The summed E-state index contributed by atoms with van der Waals surface area (Å²) in [5, 5.41) is 10.2. The first-order chi connectivity index (χ1) is 17.5. The van der Waals surface area contributed by atoms with Crippen LogP contribution in [0.25, 0.3) is 6.08 Å². The highest BCUT2D eigenvalue weighted by atomic mass is 16.6. The van der Waals surface area contributed by atoms with Crippen LogP contribution in [0.15, 0.2) is 59.7 Å². The molecule has 37 heavy (non-hydrogen) atoms. The molecule has 2 fully saturated rings. The Hall–Kier alpha value is -2.99. The van der Waals surface area contributed by atoms with Gasteiger partial charge in [-0.05, 0) is 65.7 Å². The van der Waals surface area contributed by atoms with E-state index < -0.39 is 29.6 Å². The first-order valence-corrected chi connectivity index (χ1v) is 13.2. The molecule has 0 amide bonds. The molecule has 2 saturated carbocycles. The number of aliphatic hydroxyl groups excluding tert-OH is 1. The van der Waals surface area contributed by atoms with E-state index in [1.165, 1.54) is 13.0 Å². The summed E-state index contributed by atoms with van der Waals surface area (Å²) in [6.07, 6.45) is 8.01. The number of fused-ring (bicyclic) bond motifs is 2. The number of hydrogen-bond donors (Lipinski definition) is 1. The number of carbonyl (C=O) groups excluding carboxylic acids is 3. The molecule has 0 aliphatic heterocycles. The van der Waals surface area contributed by atoms with Gasteiger partial charge < -0.3 is 14.6 Å². The van der Waals surface area contributed by atoms with Crippen molar-refractivity contribution >= 4 is 23.8 Å². The zero-order valence-corrected chi connectivity index (χ0v) is 22.4. The molecule has 6 unspecified atom stereocenters. The maximum atomic E-state index is 14.1. The number of esters is 2. The third-order valence-electron chi connectivity index (χ3n) is 8.57. The molecule has 0 saturated heterocycles. The monoisotopic (exact) mass is 506 g/mol. The van der Waals surface area contributed by atoms with Crippen molar-refractivity contribution in [1.82, 2.24) is 0 Å². The molecular weight excluding hydrogens is 468 g/mol. The summed E-state index contributed by atoms with van der Waals surface area (Å²) in [5.74, 6) is -1.65. The predicted octanol–water partition coefficient (Wildman–Crippen LogP) is 5.07. The normalized spacial score (nSPS) is 32.9. The van der Waals surface area contributed by atoms with Gasteiger partial charge in [-0.25, -0.2) is 4.79 Å². The highest BCUT2D eigenvalue weighted by Crippen LogP contribution is 2.62. The number of benzene rings is 1. The SMILES string of the molecule is CC(=O)OC12CC(C)C(OC(=O)C=Cc3ccccc3)C1C=C(CO)CCC1C(C=C(C)C2=O)C1(C)C. The summed E-state index contributed by atoms with van der Waals surface area (Å²) in [6.45, 7) is 9.22. The number of Topliss-reactive ketones (excluding diaryl/α,β-unsaturated/α-hetero) is 1. The van der Waals surface area contributed by atoms with Crippen LogP contribution in [-0.2, 0) is 23.9 Å². The van der Waals surface area contributed by atoms with Crippen LogP contribution in [-0.4, -0.2) is 41.1 Å². The molecule has 4 rings (SSSR count). The van der Waals surface area contributed by atoms with Crippen molar-refractivity contribution in [3.05, 3.63) is 65.3 Å². The van der Waals surface area contributed by atoms with Crippen LogP contribution in [0, 0.1) is 29.1 Å². The average molecular weight is 507 g/mol. The molecule has 3 aliphatic carbocycles. The Balaban J connectivity index is 1.73. The van der Waals surface area contributed by atoms with Crippen LogP contribution >= 0.6 is 0 Å². The molecule has 0 spiro atoms. The number of rotatable bonds is 5. The van der Waals surface area contributed by atoms with Gasteiger partial charge in [0.25, 0.3) is 0 Å². The molecule has 6 heteroatoms. The number of hydrogen-bond acceptors (Lipinski definition) is 6. The number of ether oxygens (including phenoxy) is 2. The predicted molar refractivity (Wildman–Crippen MR) is 141 cm³/mol. The fraction of sp³-hybridized carbons (Fsp3) is 0.516. The van der Waals surface area contributed by atoms with Crippen molar-refractivity contribution in [2.24, 2.45) is 29.1 Å². The van der Waals surface area contributed by atoms with Gasteiger partial charge in [0.15, 0.2) is 5.60 Å². The molecule has 1 aromatic rings. The number of carbonyl (C=O) groups is 3. The Bertz CT molecular complexity index is 1140. The van der Waals surface area contributed by atoms with E-state index in [1.807, 2.05) is 49.4 Å². The third-order valence-corrected chi connectivity index (χ3v) is 8.57. The van der Waals surface area contributed by atoms with Gasteiger partial charge in [-0.1, -0.05) is 63.3 Å². The zero-order valence-electron chi connectivity index (χ0n) is 22.4. The maximum absolute atomic E-state index is 14.1. The Morgan fingerprint density at radius 1 is 1.14 bits per heavy atom. The molecule has 0 aromatic heterocycles. The lowest BCUT2D eigenvalue weighted by Gasteiger charge is -2.34. The summed E-state index contributed by atoms with van der Waals surface area (Å²) in [5.41, 5.74) is 0.768. The van der Waals surface area contributed by atoms with E-state index in [9.17, 15) is 19.5 Å². The van der Waals surface area contributed by atoms with E-state index in [-0.39, 0.29) is 36.1 Å². The van der Waals surface area contributed by atoms with Crippen molar-refractivity contribution in [2.45, 2.75) is 65.6 Å². The van der Waals surface area contributed by atoms with E-state index in [0.717, 1.165) is 17.6 Å². The third kappa shape index (κ3) is 5.35. The van der Waals surface area contributed by atoms with E-state index in [4.69, 9.17) is 9.47 Å². The summed E-state index contributed by atoms with van der Waals surface area (Å²) in [7, 11) is 0. The Kier molecular flexibility index (Phi) is 7.61. The van der Waals surface area contributed by atoms with Gasteiger partial charge in [0.2, 0.25) is 5.78 Å². The summed E-state index contributed by atoms with van der Waals surface area (Å²) in [4.78, 5) is 39.3. The lowest BCUT2D eigenvalue weighted by molar-refractivity contribution is -0.169. The number of ketones is 1. The molecule has 3 aliphatic rings. The number of aliphatic hydroxyl groups is 1. The molecule has 6 nitrogen and oxygen atoms in total. The zero-order chi connectivity index (χ0) is 27.0. The largest absolute Gasteiger partial charge is 0.458 e. The van der Waals surface area contributed by atoms with Crippen LogP contribution in [0.4, 0.5) is 0 Å². The van der Waals surface area contributed by atoms with Gasteiger partial charge >= 0.3 is 11.9 Å². The Morgan fingerprint density at radius 3 is 2.49 bits per heavy atom. The quantitative estimate of drug-likeness (QED) is 0.341. The number of allylic oxidation sites excluding steroid dienone is 1. The van der Waals surface area contributed by atoms with Crippen LogP contribution in [0.1, 0.15) is 59.4 Å². The van der Waals surface area contributed by atoms with Gasteiger partial charge in [-0.2, -0.15) is 0 Å². The molecule has 0 bridgehead atoms. The molecule has 0 radical (unpaired) electrons. The maximum Gasteiger partial charge on any atom is 0.331 e. The molecule has 1 aromatic carbocycles. The van der Waals surface area contributed by atoms with Crippen LogP contribution < -0.4 is 0 Å². The van der Waals surface area contributed by atoms with Crippen molar-refractivity contribution in [3.63, 3.8) is 0 Å². The second-order valence-electron chi connectivity index (χ2n) is 11.5. The molecular formula is C31H38O6. The van der Waals surface area contributed by atoms with Crippen LogP contribution in [0.2, 0.25) is 0 Å². The van der Waals surface area contributed by atoms with Crippen molar-refractivity contribution in [2.75, 3.05) is 6.61 Å². The lowest BCUT2D eigenvalue weighted by atomic mass is 9.81. The Labute approximate surface area is 219 Å². The van der Waals surface area contributed by atoms with Gasteiger partial charge in [-0.15, -0.1) is 0 Å². The van der Waals surface area contributed by atoms with Gasteiger partial charge in [0.1, 0.15) is 6.10 Å². The van der Waals surface area contributed by atoms with Gasteiger partial charge in [-0.3, -0.25) is 9.59 Å². The smallest absolute Gasteiger partial charge is 0.331 e. The van der Waals surface area contributed by atoms with Crippen LogP contribution in [0.3, 0.4) is 0 Å². The van der Waals surface area contributed by atoms with Gasteiger partial charge in [0, 0.05) is 19.4 Å². The Morgan fingerprint density at radius 2 is 1.84 bits per heavy atom. The second kappa shape index (κ2) is 10.4. The molecule has 1 N–H and O–H groups in total. The van der Waals surface area contributed by atoms with Crippen LogP contribution in [0.5, 0.6) is 0 Å². The lowest BCUT2D eigenvalue weighted by Crippen LogP contribution is -2.48. The van der Waals surface area contributed by atoms with Crippen molar-refractivity contribution in [1.29, 1.82) is 0 Å².